The SMILES string of the molecule is Cc1cccc(-c2nnc(C(C)OC(=O)c3ccc(N4CCOCC4)nc3)o2)c1. The molecule has 1 saturated heterocycles. The van der Waals surface area contributed by atoms with Crippen molar-refractivity contribution >= 4 is 11.8 Å². The Bertz CT molecular complexity index is 980. The van der Waals surface area contributed by atoms with Crippen molar-refractivity contribution in [1.29, 1.82) is 0 Å². The largest absolute Gasteiger partial charge is 0.449 e. The van der Waals surface area contributed by atoms with Gasteiger partial charge in [-0.2, -0.15) is 0 Å². The van der Waals surface area contributed by atoms with Gasteiger partial charge in [-0.1, -0.05) is 17.7 Å². The summed E-state index contributed by atoms with van der Waals surface area (Å²) in [4.78, 5) is 18.9. The summed E-state index contributed by atoms with van der Waals surface area (Å²) >= 11 is 0. The van der Waals surface area contributed by atoms with Crippen LogP contribution in [-0.4, -0.2) is 47.5 Å². The van der Waals surface area contributed by atoms with Crippen LogP contribution in [0.3, 0.4) is 0 Å². The lowest BCUT2D eigenvalue weighted by molar-refractivity contribution is 0.0279. The standard InChI is InChI=1S/C21H22N4O4/c1-14-4-3-5-16(12-14)20-24-23-19(29-20)15(2)28-21(26)17-6-7-18(22-13-17)25-8-10-27-11-9-25/h3-7,12-13,15H,8-11H2,1-2H3. The number of hydrogen-bond acceptors (Lipinski definition) is 8. The maximum absolute atomic E-state index is 12.5. The molecule has 1 aliphatic rings. The normalized spacial score (nSPS) is 15.2. The molecule has 4 rings (SSSR count). The van der Waals surface area contributed by atoms with Crippen molar-refractivity contribution in [3.63, 3.8) is 0 Å². The summed E-state index contributed by atoms with van der Waals surface area (Å²) in [7, 11) is 0. The van der Waals surface area contributed by atoms with Gasteiger partial charge < -0.3 is 18.8 Å². The summed E-state index contributed by atoms with van der Waals surface area (Å²) in [5.41, 5.74) is 2.28. The third kappa shape index (κ3) is 4.43. The van der Waals surface area contributed by atoms with Gasteiger partial charge in [0.25, 0.3) is 5.89 Å². The fourth-order valence-corrected chi connectivity index (χ4v) is 3.06. The molecule has 150 valence electrons. The Morgan fingerprint density at radius 1 is 1.17 bits per heavy atom. The molecule has 1 unspecified atom stereocenters. The van der Waals surface area contributed by atoms with E-state index in [1.807, 2.05) is 37.3 Å². The van der Waals surface area contributed by atoms with Gasteiger partial charge in [-0.25, -0.2) is 9.78 Å². The predicted molar refractivity (Wildman–Crippen MR) is 106 cm³/mol. The molecule has 29 heavy (non-hydrogen) atoms. The van der Waals surface area contributed by atoms with E-state index in [0.29, 0.717) is 24.7 Å². The highest BCUT2D eigenvalue weighted by atomic mass is 16.6. The van der Waals surface area contributed by atoms with E-state index in [-0.39, 0.29) is 5.89 Å². The molecule has 0 saturated carbocycles. The second-order valence-electron chi connectivity index (χ2n) is 6.87. The minimum atomic E-state index is -0.674. The van der Waals surface area contributed by atoms with Crippen molar-refractivity contribution in [2.24, 2.45) is 0 Å². The molecular weight excluding hydrogens is 372 g/mol. The summed E-state index contributed by atoms with van der Waals surface area (Å²) in [5, 5.41) is 8.07. The van der Waals surface area contributed by atoms with Crippen molar-refractivity contribution in [3.05, 3.63) is 59.6 Å². The second kappa shape index (κ2) is 8.40. The lowest BCUT2D eigenvalue weighted by atomic mass is 10.1. The van der Waals surface area contributed by atoms with Gasteiger partial charge in [0.1, 0.15) is 5.82 Å². The van der Waals surface area contributed by atoms with Crippen molar-refractivity contribution in [2.75, 3.05) is 31.2 Å². The molecule has 3 aromatic rings. The quantitative estimate of drug-likeness (QED) is 0.610. The van der Waals surface area contributed by atoms with Crippen molar-refractivity contribution < 1.29 is 18.7 Å². The number of aromatic nitrogens is 3. The number of carbonyl (C=O) groups is 1. The van der Waals surface area contributed by atoms with Crippen molar-refractivity contribution in [2.45, 2.75) is 20.0 Å². The molecule has 0 radical (unpaired) electrons. The molecular formula is C21H22N4O4. The first-order valence-electron chi connectivity index (χ1n) is 9.50. The molecule has 1 fully saturated rings. The van der Waals surface area contributed by atoms with Crippen molar-refractivity contribution in [3.8, 4) is 11.5 Å². The summed E-state index contributed by atoms with van der Waals surface area (Å²) in [6.45, 7) is 6.61. The lowest BCUT2D eigenvalue weighted by Crippen LogP contribution is -2.36. The highest BCUT2D eigenvalue weighted by Gasteiger charge is 2.21. The van der Waals surface area contributed by atoms with Gasteiger partial charge in [-0.3, -0.25) is 0 Å². The summed E-state index contributed by atoms with van der Waals surface area (Å²) in [5.74, 6) is 0.960. The third-order valence-corrected chi connectivity index (χ3v) is 4.66. The molecule has 8 nitrogen and oxygen atoms in total. The van der Waals surface area contributed by atoms with Gasteiger partial charge in [-0.15, -0.1) is 10.2 Å². The molecule has 8 heteroatoms. The zero-order valence-corrected chi connectivity index (χ0v) is 16.4. The first-order valence-corrected chi connectivity index (χ1v) is 9.50. The number of esters is 1. The maximum Gasteiger partial charge on any atom is 0.340 e. The number of hydrogen-bond donors (Lipinski definition) is 0. The molecule has 3 heterocycles. The average Bonchev–Trinajstić information content (AvgIpc) is 3.25. The van der Waals surface area contributed by atoms with Crippen LogP contribution in [0.1, 0.15) is 34.8 Å². The van der Waals surface area contributed by atoms with E-state index >= 15 is 0 Å². The minimum Gasteiger partial charge on any atom is -0.449 e. The molecule has 0 aliphatic carbocycles. The van der Waals surface area contributed by atoms with E-state index in [4.69, 9.17) is 13.9 Å². The van der Waals surface area contributed by atoms with Crippen molar-refractivity contribution in [1.82, 2.24) is 15.2 Å². The Kier molecular flexibility index (Phi) is 5.53. The van der Waals surface area contributed by atoms with Crippen LogP contribution in [0.2, 0.25) is 0 Å². The zero-order valence-electron chi connectivity index (χ0n) is 16.4. The minimum absolute atomic E-state index is 0.243. The summed E-state index contributed by atoms with van der Waals surface area (Å²) in [6.07, 6.45) is 0.846. The lowest BCUT2D eigenvalue weighted by Gasteiger charge is -2.27. The molecule has 0 bridgehead atoms. The molecule has 0 N–H and O–H groups in total. The number of pyridine rings is 1. The number of benzene rings is 1. The number of rotatable bonds is 5. The van der Waals surface area contributed by atoms with Gasteiger partial charge >= 0.3 is 5.97 Å². The number of anilines is 1. The molecule has 1 aromatic carbocycles. The predicted octanol–water partition coefficient (Wildman–Crippen LogP) is 3.19. The van der Waals surface area contributed by atoms with Gasteiger partial charge in [0.05, 0.1) is 18.8 Å². The van der Waals surface area contributed by atoms with Crippen LogP contribution in [0.15, 0.2) is 47.0 Å². The summed E-state index contributed by atoms with van der Waals surface area (Å²) in [6, 6.07) is 11.3. The third-order valence-electron chi connectivity index (χ3n) is 4.66. The number of nitrogens with zero attached hydrogens (tertiary/aromatic N) is 4. The molecule has 0 spiro atoms. The number of aryl methyl sites for hydroxylation is 1. The van der Waals surface area contributed by atoms with E-state index in [9.17, 15) is 4.79 Å². The highest BCUT2D eigenvalue weighted by Crippen LogP contribution is 2.24. The Balaban J connectivity index is 1.40. The smallest absolute Gasteiger partial charge is 0.340 e. The van der Waals surface area contributed by atoms with E-state index in [1.54, 1.807) is 13.0 Å². The number of ether oxygens (including phenoxy) is 2. The van der Waals surface area contributed by atoms with Crippen LogP contribution >= 0.6 is 0 Å². The first-order chi connectivity index (χ1) is 14.1. The molecule has 2 aromatic heterocycles. The second-order valence-corrected chi connectivity index (χ2v) is 6.87. The van der Waals surface area contributed by atoms with Crippen LogP contribution in [0.25, 0.3) is 11.5 Å². The van der Waals surface area contributed by atoms with Crippen LogP contribution in [0.4, 0.5) is 5.82 Å². The zero-order chi connectivity index (χ0) is 20.2. The first kappa shape index (κ1) is 19.1. The van der Waals surface area contributed by atoms with Crippen LogP contribution in [-0.2, 0) is 9.47 Å². The number of morpholine rings is 1. The average molecular weight is 394 g/mol. The van der Waals surface area contributed by atoms with E-state index in [1.165, 1.54) is 6.20 Å². The molecule has 0 amide bonds. The Morgan fingerprint density at radius 2 is 2.00 bits per heavy atom. The fraction of sp³-hybridized carbons (Fsp3) is 0.333. The molecule has 1 atom stereocenters. The topological polar surface area (TPSA) is 90.6 Å². The van der Waals surface area contributed by atoms with Crippen LogP contribution in [0.5, 0.6) is 0 Å². The van der Waals surface area contributed by atoms with E-state index in [2.05, 4.69) is 20.1 Å². The Hall–Kier alpha value is -3.26. The highest BCUT2D eigenvalue weighted by molar-refractivity contribution is 5.89. The maximum atomic E-state index is 12.5. The Morgan fingerprint density at radius 3 is 2.72 bits per heavy atom. The van der Waals surface area contributed by atoms with Gasteiger partial charge in [0.2, 0.25) is 5.89 Å². The number of carbonyl (C=O) groups excluding carboxylic acids is 1. The van der Waals surface area contributed by atoms with Gasteiger partial charge in [0, 0.05) is 24.8 Å². The van der Waals surface area contributed by atoms with E-state index < -0.39 is 12.1 Å². The summed E-state index contributed by atoms with van der Waals surface area (Å²) < 4.78 is 16.5. The van der Waals surface area contributed by atoms with Gasteiger partial charge in [0.15, 0.2) is 6.10 Å². The van der Waals surface area contributed by atoms with Crippen LogP contribution < -0.4 is 4.90 Å². The van der Waals surface area contributed by atoms with Gasteiger partial charge in [-0.05, 0) is 38.1 Å². The van der Waals surface area contributed by atoms with E-state index in [0.717, 1.165) is 30.0 Å². The van der Waals surface area contributed by atoms with Crippen LogP contribution in [0, 0.1) is 6.92 Å². The fourth-order valence-electron chi connectivity index (χ4n) is 3.06. The molecule has 1 aliphatic heterocycles. The monoisotopic (exact) mass is 394 g/mol. The Labute approximate surface area is 168 Å².